The Kier molecular flexibility index (Phi) is 4.83. The van der Waals surface area contributed by atoms with E-state index in [4.69, 9.17) is 4.74 Å². The highest BCUT2D eigenvalue weighted by atomic mass is 16.5. The van der Waals surface area contributed by atoms with E-state index in [0.717, 1.165) is 44.6 Å². The van der Waals surface area contributed by atoms with Gasteiger partial charge < -0.3 is 9.84 Å². The zero-order valence-electron chi connectivity index (χ0n) is 12.1. The molecule has 0 amide bonds. The van der Waals surface area contributed by atoms with Gasteiger partial charge in [0.1, 0.15) is 12.4 Å². The van der Waals surface area contributed by atoms with E-state index in [1.165, 1.54) is 5.56 Å². The van der Waals surface area contributed by atoms with Crippen LogP contribution in [0.5, 0.6) is 5.75 Å². The Morgan fingerprint density at radius 3 is 2.84 bits per heavy atom. The smallest absolute Gasteiger partial charge is 0.122 e. The molecule has 1 atom stereocenters. The second-order valence-electron chi connectivity index (χ2n) is 5.81. The largest absolute Gasteiger partial charge is 0.492 e. The van der Waals surface area contributed by atoms with Gasteiger partial charge in [-0.25, -0.2) is 0 Å². The molecule has 1 fully saturated rings. The molecule has 0 radical (unpaired) electrons. The molecule has 3 nitrogen and oxygen atoms in total. The monoisotopic (exact) mass is 263 g/mol. The lowest BCUT2D eigenvalue weighted by atomic mass is 9.98. The molecule has 1 heterocycles. The lowest BCUT2D eigenvalue weighted by Gasteiger charge is -2.22. The van der Waals surface area contributed by atoms with Gasteiger partial charge in [-0.05, 0) is 51.3 Å². The van der Waals surface area contributed by atoms with E-state index in [9.17, 15) is 5.11 Å². The van der Waals surface area contributed by atoms with Crippen molar-refractivity contribution in [2.24, 2.45) is 0 Å². The van der Waals surface area contributed by atoms with Gasteiger partial charge in [0, 0.05) is 13.1 Å². The van der Waals surface area contributed by atoms with Crippen LogP contribution in [0.3, 0.4) is 0 Å². The van der Waals surface area contributed by atoms with Crippen LogP contribution < -0.4 is 4.74 Å². The Hall–Kier alpha value is -1.06. The molecule has 1 aliphatic rings. The van der Waals surface area contributed by atoms with Crippen LogP contribution in [0.15, 0.2) is 24.3 Å². The van der Waals surface area contributed by atoms with Crippen LogP contribution in [0, 0.1) is 6.92 Å². The van der Waals surface area contributed by atoms with E-state index in [-0.39, 0.29) is 0 Å². The van der Waals surface area contributed by atoms with E-state index in [0.29, 0.717) is 6.61 Å². The summed E-state index contributed by atoms with van der Waals surface area (Å²) in [6.45, 7) is 7.69. The van der Waals surface area contributed by atoms with Crippen LogP contribution in [0.4, 0.5) is 0 Å². The number of para-hydroxylation sites is 1. The zero-order valence-corrected chi connectivity index (χ0v) is 12.1. The van der Waals surface area contributed by atoms with Crippen molar-refractivity contribution >= 4 is 0 Å². The van der Waals surface area contributed by atoms with Crippen molar-refractivity contribution in [3.63, 3.8) is 0 Å². The van der Waals surface area contributed by atoms with Gasteiger partial charge in [0.05, 0.1) is 5.60 Å². The third-order valence-corrected chi connectivity index (χ3v) is 3.91. The van der Waals surface area contributed by atoms with Crippen molar-refractivity contribution in [2.75, 3.05) is 26.2 Å². The zero-order chi connectivity index (χ0) is 13.7. The molecule has 1 aromatic carbocycles. The second-order valence-corrected chi connectivity index (χ2v) is 5.81. The number of benzene rings is 1. The average Bonchev–Trinajstić information content (AvgIpc) is 2.53. The first kappa shape index (κ1) is 14.4. The fraction of sp³-hybridized carbons (Fsp3) is 0.625. The van der Waals surface area contributed by atoms with E-state index >= 15 is 0 Å². The fourth-order valence-electron chi connectivity index (χ4n) is 2.55. The van der Waals surface area contributed by atoms with Crippen LogP contribution in [0.25, 0.3) is 0 Å². The molecule has 106 valence electrons. The quantitative estimate of drug-likeness (QED) is 0.906. The topological polar surface area (TPSA) is 32.7 Å². The SMILES string of the molecule is Cc1ccccc1OCCN1CCCC(C)(O)CC1. The average molecular weight is 263 g/mol. The Morgan fingerprint density at radius 2 is 2.05 bits per heavy atom. The molecule has 0 saturated carbocycles. The van der Waals surface area contributed by atoms with Crippen LogP contribution in [-0.2, 0) is 0 Å². The summed E-state index contributed by atoms with van der Waals surface area (Å²) in [5.74, 6) is 0.976. The highest BCUT2D eigenvalue weighted by molar-refractivity contribution is 5.31. The van der Waals surface area contributed by atoms with E-state index in [1.807, 2.05) is 25.1 Å². The fourth-order valence-corrected chi connectivity index (χ4v) is 2.55. The van der Waals surface area contributed by atoms with Crippen molar-refractivity contribution in [3.8, 4) is 5.75 Å². The van der Waals surface area contributed by atoms with Crippen LogP contribution >= 0.6 is 0 Å². The number of rotatable bonds is 4. The molecule has 1 saturated heterocycles. The Balaban J connectivity index is 1.75. The lowest BCUT2D eigenvalue weighted by Crippen LogP contribution is -2.31. The van der Waals surface area contributed by atoms with Crippen LogP contribution in [0.2, 0.25) is 0 Å². The van der Waals surface area contributed by atoms with Crippen molar-refractivity contribution in [3.05, 3.63) is 29.8 Å². The maximum absolute atomic E-state index is 10.1. The minimum atomic E-state index is -0.481. The summed E-state index contributed by atoms with van der Waals surface area (Å²) in [6.07, 6.45) is 2.83. The molecular formula is C16H25NO2. The van der Waals surface area contributed by atoms with Gasteiger partial charge in [0.2, 0.25) is 0 Å². The number of hydrogen-bond acceptors (Lipinski definition) is 3. The summed E-state index contributed by atoms with van der Waals surface area (Å²) in [4.78, 5) is 2.39. The molecular weight excluding hydrogens is 238 g/mol. The van der Waals surface area contributed by atoms with Crippen molar-refractivity contribution < 1.29 is 9.84 Å². The summed E-state index contributed by atoms with van der Waals surface area (Å²) in [5.41, 5.74) is 0.701. The van der Waals surface area contributed by atoms with Gasteiger partial charge in [-0.1, -0.05) is 18.2 Å². The van der Waals surface area contributed by atoms with Gasteiger partial charge in [0.25, 0.3) is 0 Å². The number of aliphatic hydroxyl groups is 1. The normalized spacial score (nSPS) is 25.0. The first-order valence-corrected chi connectivity index (χ1v) is 7.20. The van der Waals surface area contributed by atoms with Crippen molar-refractivity contribution in [2.45, 2.75) is 38.7 Å². The molecule has 1 aliphatic heterocycles. The summed E-state index contributed by atoms with van der Waals surface area (Å²) in [6, 6.07) is 8.12. The van der Waals surface area contributed by atoms with E-state index < -0.39 is 5.60 Å². The molecule has 19 heavy (non-hydrogen) atoms. The first-order valence-electron chi connectivity index (χ1n) is 7.20. The number of likely N-dealkylation sites (tertiary alicyclic amines) is 1. The van der Waals surface area contributed by atoms with Crippen LogP contribution in [-0.4, -0.2) is 41.8 Å². The summed E-state index contributed by atoms with van der Waals surface area (Å²) >= 11 is 0. The molecule has 0 aromatic heterocycles. The molecule has 0 spiro atoms. The van der Waals surface area contributed by atoms with Crippen molar-refractivity contribution in [1.82, 2.24) is 4.90 Å². The Labute approximate surface area is 116 Å². The first-order chi connectivity index (χ1) is 9.07. The molecule has 1 aromatic rings. The molecule has 1 N–H and O–H groups in total. The number of hydrogen-bond donors (Lipinski definition) is 1. The number of ether oxygens (including phenoxy) is 1. The van der Waals surface area contributed by atoms with Gasteiger partial charge in [-0.3, -0.25) is 4.90 Å². The molecule has 1 unspecified atom stereocenters. The maximum atomic E-state index is 10.1. The van der Waals surface area contributed by atoms with E-state index in [1.54, 1.807) is 0 Å². The van der Waals surface area contributed by atoms with Crippen LogP contribution in [0.1, 0.15) is 31.7 Å². The lowest BCUT2D eigenvalue weighted by molar-refractivity contribution is 0.0442. The minimum absolute atomic E-state index is 0.481. The Morgan fingerprint density at radius 1 is 1.26 bits per heavy atom. The second kappa shape index (κ2) is 6.40. The summed E-state index contributed by atoms with van der Waals surface area (Å²) < 4.78 is 5.83. The Bertz CT molecular complexity index is 403. The molecule has 0 aliphatic carbocycles. The number of nitrogens with zero attached hydrogens (tertiary/aromatic N) is 1. The van der Waals surface area contributed by atoms with Gasteiger partial charge >= 0.3 is 0 Å². The predicted octanol–water partition coefficient (Wildman–Crippen LogP) is 2.61. The van der Waals surface area contributed by atoms with E-state index in [2.05, 4.69) is 17.9 Å². The third kappa shape index (κ3) is 4.51. The molecule has 3 heteroatoms. The van der Waals surface area contributed by atoms with Crippen molar-refractivity contribution in [1.29, 1.82) is 0 Å². The maximum Gasteiger partial charge on any atom is 0.122 e. The van der Waals surface area contributed by atoms with Gasteiger partial charge in [0.15, 0.2) is 0 Å². The summed E-state index contributed by atoms with van der Waals surface area (Å²) in [5, 5.41) is 10.1. The number of aryl methyl sites for hydroxylation is 1. The molecule has 2 rings (SSSR count). The highest BCUT2D eigenvalue weighted by Crippen LogP contribution is 2.21. The summed E-state index contributed by atoms with van der Waals surface area (Å²) in [7, 11) is 0. The predicted molar refractivity (Wildman–Crippen MR) is 77.6 cm³/mol. The molecule has 0 bridgehead atoms. The highest BCUT2D eigenvalue weighted by Gasteiger charge is 2.24. The van der Waals surface area contributed by atoms with Gasteiger partial charge in [-0.2, -0.15) is 0 Å². The minimum Gasteiger partial charge on any atom is -0.492 e. The third-order valence-electron chi connectivity index (χ3n) is 3.91. The van der Waals surface area contributed by atoms with Gasteiger partial charge in [-0.15, -0.1) is 0 Å². The standard InChI is InChI=1S/C16H25NO2/c1-14-6-3-4-7-15(14)19-13-12-17-10-5-8-16(2,18)9-11-17/h3-4,6-7,18H,5,8-13H2,1-2H3.